The molecule has 0 aliphatic carbocycles. The van der Waals surface area contributed by atoms with Gasteiger partial charge < -0.3 is 14.5 Å². The number of hydrogen-bond donors (Lipinski definition) is 0. The van der Waals surface area contributed by atoms with Crippen LogP contribution in [0, 0.1) is 11.8 Å². The number of ether oxygens (including phenoxy) is 1. The number of amides is 2. The smallest absolute Gasteiger partial charge is 0.242 e. The summed E-state index contributed by atoms with van der Waals surface area (Å²) >= 11 is 1.74. The summed E-state index contributed by atoms with van der Waals surface area (Å²) in [5.41, 5.74) is 1.17. The lowest BCUT2D eigenvalue weighted by Crippen LogP contribution is -2.48. The van der Waals surface area contributed by atoms with E-state index in [1.54, 1.807) is 16.2 Å². The van der Waals surface area contributed by atoms with Crippen LogP contribution in [0.15, 0.2) is 41.8 Å². The highest BCUT2D eigenvalue weighted by Gasteiger charge is 2.33. The minimum absolute atomic E-state index is 0.00405. The van der Waals surface area contributed by atoms with Gasteiger partial charge in [-0.1, -0.05) is 45.9 Å². The lowest BCUT2D eigenvalue weighted by Gasteiger charge is -2.37. The number of para-hydroxylation sites is 1. The maximum absolute atomic E-state index is 13.5. The Kier molecular flexibility index (Phi) is 8.74. The minimum atomic E-state index is -0.134. The number of carbonyl (C=O) groups is 2. The monoisotopic (exact) mass is 456 g/mol. The Hall–Kier alpha value is -2.34. The fourth-order valence-corrected chi connectivity index (χ4v) is 4.93. The molecule has 0 fully saturated rings. The molecule has 2 amide bonds. The van der Waals surface area contributed by atoms with Crippen LogP contribution in [0.25, 0.3) is 0 Å². The lowest BCUT2D eigenvalue weighted by atomic mass is 10.00. The van der Waals surface area contributed by atoms with E-state index >= 15 is 0 Å². The van der Waals surface area contributed by atoms with E-state index in [9.17, 15) is 9.59 Å². The molecule has 0 saturated carbocycles. The fourth-order valence-electron chi connectivity index (χ4n) is 4.00. The van der Waals surface area contributed by atoms with Crippen molar-refractivity contribution in [2.75, 3.05) is 26.2 Å². The molecular formula is C26H36N2O3S. The fraction of sp³-hybridized carbons (Fsp3) is 0.538. The van der Waals surface area contributed by atoms with Gasteiger partial charge in [0, 0.05) is 24.4 Å². The van der Waals surface area contributed by atoms with Gasteiger partial charge in [0.05, 0.1) is 12.6 Å². The average molecular weight is 457 g/mol. The predicted octanol–water partition coefficient (Wildman–Crippen LogP) is 5.17. The van der Waals surface area contributed by atoms with Gasteiger partial charge in [0.25, 0.3) is 0 Å². The van der Waals surface area contributed by atoms with Crippen LogP contribution in [0.3, 0.4) is 0 Å². The maximum atomic E-state index is 13.5. The largest absolute Gasteiger partial charge is 0.491 e. The molecule has 1 aromatic carbocycles. The van der Waals surface area contributed by atoms with Crippen molar-refractivity contribution in [2.24, 2.45) is 11.8 Å². The SMILES string of the molecule is CC(C)CCN(CC(=O)N1CCc2sccc2[C@@H]1COc1ccccc1)C(=O)CC(C)C. The standard InChI is InChI=1S/C26H36N2O3S/c1-19(2)10-13-27(25(29)16-20(3)4)17-26(30)28-14-11-24-22(12-15-32-24)23(28)18-31-21-8-6-5-7-9-21/h5-9,12,15,19-20,23H,10-11,13-14,16-18H2,1-4H3/t23-/m0/s1. The van der Waals surface area contributed by atoms with Gasteiger partial charge in [0.15, 0.2) is 0 Å². The molecule has 0 N–H and O–H groups in total. The summed E-state index contributed by atoms with van der Waals surface area (Å²) in [6.45, 7) is 10.2. The highest BCUT2D eigenvalue weighted by atomic mass is 32.1. The Balaban J connectivity index is 1.74. The summed E-state index contributed by atoms with van der Waals surface area (Å²) in [5.74, 6) is 1.63. The lowest BCUT2D eigenvalue weighted by molar-refractivity contribution is -0.143. The Morgan fingerprint density at radius 3 is 2.56 bits per heavy atom. The molecule has 3 rings (SSSR count). The van der Waals surface area contributed by atoms with E-state index in [4.69, 9.17) is 4.74 Å². The van der Waals surface area contributed by atoms with E-state index in [0.29, 0.717) is 32.0 Å². The summed E-state index contributed by atoms with van der Waals surface area (Å²) in [7, 11) is 0. The second-order valence-electron chi connectivity index (χ2n) is 9.37. The van der Waals surface area contributed by atoms with Crippen molar-refractivity contribution in [3.63, 3.8) is 0 Å². The quantitative estimate of drug-likeness (QED) is 0.495. The van der Waals surface area contributed by atoms with E-state index in [1.807, 2.05) is 49.1 Å². The van der Waals surface area contributed by atoms with Gasteiger partial charge in [-0.15, -0.1) is 11.3 Å². The molecule has 1 atom stereocenters. The minimum Gasteiger partial charge on any atom is -0.491 e. The van der Waals surface area contributed by atoms with Crippen molar-refractivity contribution in [1.82, 2.24) is 9.80 Å². The molecule has 32 heavy (non-hydrogen) atoms. The molecule has 0 bridgehead atoms. The first kappa shape index (κ1) is 24.3. The molecule has 0 radical (unpaired) electrons. The van der Waals surface area contributed by atoms with Crippen molar-refractivity contribution in [1.29, 1.82) is 0 Å². The number of benzene rings is 1. The first-order chi connectivity index (χ1) is 15.3. The molecule has 2 aromatic rings. The van der Waals surface area contributed by atoms with Gasteiger partial charge in [-0.25, -0.2) is 0 Å². The number of fused-ring (bicyclic) bond motifs is 1. The second kappa shape index (κ2) is 11.5. The summed E-state index contributed by atoms with van der Waals surface area (Å²) in [6, 6.07) is 11.7. The van der Waals surface area contributed by atoms with Crippen LogP contribution in [0.2, 0.25) is 0 Å². The summed E-state index contributed by atoms with van der Waals surface area (Å²) in [5, 5.41) is 2.09. The van der Waals surface area contributed by atoms with E-state index in [0.717, 1.165) is 18.6 Å². The number of rotatable bonds is 10. The topological polar surface area (TPSA) is 49.9 Å². The van der Waals surface area contributed by atoms with Gasteiger partial charge in [-0.3, -0.25) is 9.59 Å². The van der Waals surface area contributed by atoms with Gasteiger partial charge in [0.2, 0.25) is 11.8 Å². The maximum Gasteiger partial charge on any atom is 0.242 e. The van der Waals surface area contributed by atoms with E-state index in [2.05, 4.69) is 25.3 Å². The Bertz CT molecular complexity index is 878. The van der Waals surface area contributed by atoms with Crippen LogP contribution < -0.4 is 4.74 Å². The zero-order valence-corrected chi connectivity index (χ0v) is 20.6. The highest BCUT2D eigenvalue weighted by Crippen LogP contribution is 2.34. The molecule has 1 aliphatic rings. The van der Waals surface area contributed by atoms with Gasteiger partial charge in [0.1, 0.15) is 12.4 Å². The molecule has 174 valence electrons. The summed E-state index contributed by atoms with van der Waals surface area (Å²) in [6.07, 6.45) is 2.22. The van der Waals surface area contributed by atoms with Crippen molar-refractivity contribution in [3.8, 4) is 5.75 Å². The van der Waals surface area contributed by atoms with Crippen LogP contribution >= 0.6 is 11.3 Å². The van der Waals surface area contributed by atoms with Crippen LogP contribution in [0.1, 0.15) is 57.0 Å². The molecule has 5 nitrogen and oxygen atoms in total. The first-order valence-electron chi connectivity index (χ1n) is 11.7. The number of carbonyl (C=O) groups excluding carboxylic acids is 2. The molecule has 0 saturated heterocycles. The number of nitrogens with zero attached hydrogens (tertiary/aromatic N) is 2. The molecule has 0 spiro atoms. The molecule has 2 heterocycles. The third-order valence-corrected chi connectivity index (χ3v) is 6.80. The highest BCUT2D eigenvalue weighted by molar-refractivity contribution is 7.10. The molecule has 0 unspecified atom stereocenters. The Labute approximate surface area is 196 Å². The van der Waals surface area contributed by atoms with Gasteiger partial charge >= 0.3 is 0 Å². The normalized spacial score (nSPS) is 15.7. The average Bonchev–Trinajstić information content (AvgIpc) is 3.24. The third-order valence-electron chi connectivity index (χ3n) is 5.80. The van der Waals surface area contributed by atoms with Crippen molar-refractivity contribution in [2.45, 2.75) is 53.0 Å². The Morgan fingerprint density at radius 1 is 1.12 bits per heavy atom. The second-order valence-corrected chi connectivity index (χ2v) is 10.4. The van der Waals surface area contributed by atoms with Crippen LogP contribution in [-0.2, 0) is 16.0 Å². The van der Waals surface area contributed by atoms with E-state index in [-0.39, 0.29) is 30.3 Å². The zero-order chi connectivity index (χ0) is 23.1. The van der Waals surface area contributed by atoms with Crippen molar-refractivity contribution < 1.29 is 14.3 Å². The molecule has 6 heteroatoms. The third kappa shape index (κ3) is 6.58. The van der Waals surface area contributed by atoms with Crippen LogP contribution in [-0.4, -0.2) is 47.9 Å². The first-order valence-corrected chi connectivity index (χ1v) is 12.5. The van der Waals surface area contributed by atoms with Crippen molar-refractivity contribution in [3.05, 3.63) is 52.2 Å². The molecule has 1 aliphatic heterocycles. The van der Waals surface area contributed by atoms with E-state index in [1.165, 1.54) is 10.4 Å². The van der Waals surface area contributed by atoms with Gasteiger partial charge in [-0.05, 0) is 53.8 Å². The number of thiophene rings is 1. The summed E-state index contributed by atoms with van der Waals surface area (Å²) in [4.78, 5) is 31.3. The number of hydrogen-bond acceptors (Lipinski definition) is 4. The van der Waals surface area contributed by atoms with Crippen LogP contribution in [0.4, 0.5) is 0 Å². The van der Waals surface area contributed by atoms with Crippen LogP contribution in [0.5, 0.6) is 5.75 Å². The zero-order valence-electron chi connectivity index (χ0n) is 19.8. The molecular weight excluding hydrogens is 420 g/mol. The van der Waals surface area contributed by atoms with E-state index < -0.39 is 0 Å². The van der Waals surface area contributed by atoms with Crippen molar-refractivity contribution >= 4 is 23.2 Å². The van der Waals surface area contributed by atoms with Gasteiger partial charge in [-0.2, -0.15) is 0 Å². The summed E-state index contributed by atoms with van der Waals surface area (Å²) < 4.78 is 6.07. The molecule has 1 aromatic heterocycles. The predicted molar refractivity (Wildman–Crippen MR) is 130 cm³/mol. The Morgan fingerprint density at radius 2 is 1.88 bits per heavy atom.